The molecule has 0 N–H and O–H groups in total. The highest BCUT2D eigenvalue weighted by Crippen LogP contribution is 2.25. The molecule has 1 aliphatic heterocycles. The van der Waals surface area contributed by atoms with E-state index in [1.807, 2.05) is 19.2 Å². The van der Waals surface area contributed by atoms with Crippen LogP contribution in [0.15, 0.2) is 30.7 Å². The van der Waals surface area contributed by atoms with Crippen molar-refractivity contribution in [3.05, 3.63) is 35.6 Å². The highest BCUT2D eigenvalue weighted by atomic mass is 32.1. The van der Waals surface area contributed by atoms with Crippen LogP contribution in [0, 0.1) is 0 Å². The van der Waals surface area contributed by atoms with Gasteiger partial charge in [-0.3, -0.25) is 9.78 Å². The van der Waals surface area contributed by atoms with Gasteiger partial charge in [0.2, 0.25) is 0 Å². The lowest BCUT2D eigenvalue weighted by molar-refractivity contribution is 0.0590. The van der Waals surface area contributed by atoms with Crippen molar-refractivity contribution in [3.8, 4) is 10.6 Å². The molecule has 21 heavy (non-hydrogen) atoms. The topological polar surface area (TPSA) is 55.3 Å². The zero-order chi connectivity index (χ0) is 14.7. The molecule has 0 aliphatic carbocycles. The van der Waals surface area contributed by atoms with Gasteiger partial charge in [-0.05, 0) is 25.0 Å². The Bertz CT molecular complexity index is 608. The molecule has 3 rings (SSSR count). The average molecular weight is 303 g/mol. The molecule has 0 aromatic carbocycles. The van der Waals surface area contributed by atoms with Crippen molar-refractivity contribution in [2.24, 2.45) is 0 Å². The Morgan fingerprint density at radius 3 is 3.14 bits per heavy atom. The van der Waals surface area contributed by atoms with Gasteiger partial charge in [0.15, 0.2) is 0 Å². The van der Waals surface area contributed by atoms with Crippen molar-refractivity contribution in [2.45, 2.75) is 18.9 Å². The fourth-order valence-electron chi connectivity index (χ4n) is 2.36. The lowest BCUT2D eigenvalue weighted by Crippen LogP contribution is -2.33. The van der Waals surface area contributed by atoms with Crippen molar-refractivity contribution < 1.29 is 9.53 Å². The highest BCUT2D eigenvalue weighted by Gasteiger charge is 2.22. The quantitative estimate of drug-likeness (QED) is 0.870. The van der Waals surface area contributed by atoms with E-state index in [0.29, 0.717) is 11.4 Å². The maximum Gasteiger partial charge on any atom is 0.265 e. The van der Waals surface area contributed by atoms with E-state index in [0.717, 1.165) is 30.0 Å². The molecule has 0 spiro atoms. The third kappa shape index (κ3) is 3.28. The number of pyridine rings is 1. The Labute approximate surface area is 127 Å². The second-order valence-electron chi connectivity index (χ2n) is 5.09. The lowest BCUT2D eigenvalue weighted by Gasteiger charge is -2.19. The van der Waals surface area contributed by atoms with E-state index in [2.05, 4.69) is 9.97 Å². The van der Waals surface area contributed by atoms with Crippen LogP contribution in [0.4, 0.5) is 0 Å². The molecule has 1 atom stereocenters. The van der Waals surface area contributed by atoms with Gasteiger partial charge < -0.3 is 9.64 Å². The van der Waals surface area contributed by atoms with E-state index in [9.17, 15) is 4.79 Å². The molecule has 6 heteroatoms. The summed E-state index contributed by atoms with van der Waals surface area (Å²) in [5.41, 5.74) is 0.934. The number of nitrogens with zero attached hydrogens (tertiary/aromatic N) is 3. The zero-order valence-corrected chi connectivity index (χ0v) is 12.7. The Balaban J connectivity index is 1.69. The fraction of sp³-hybridized carbons (Fsp3) is 0.400. The molecule has 2 aromatic heterocycles. The van der Waals surface area contributed by atoms with Crippen LogP contribution in [0.3, 0.4) is 0 Å². The number of carbonyl (C=O) groups is 1. The van der Waals surface area contributed by atoms with E-state index in [4.69, 9.17) is 4.74 Å². The summed E-state index contributed by atoms with van der Waals surface area (Å²) < 4.78 is 5.57. The van der Waals surface area contributed by atoms with Crippen LogP contribution < -0.4 is 0 Å². The summed E-state index contributed by atoms with van der Waals surface area (Å²) in [6.07, 6.45) is 7.40. The summed E-state index contributed by atoms with van der Waals surface area (Å²) in [5, 5.41) is 0.817. The van der Waals surface area contributed by atoms with E-state index >= 15 is 0 Å². The third-order valence-electron chi connectivity index (χ3n) is 3.47. The largest absolute Gasteiger partial charge is 0.376 e. The number of hydrogen-bond acceptors (Lipinski definition) is 5. The monoisotopic (exact) mass is 303 g/mol. The highest BCUT2D eigenvalue weighted by molar-refractivity contribution is 7.16. The molecule has 0 bridgehead atoms. The van der Waals surface area contributed by atoms with Crippen LogP contribution in [0.2, 0.25) is 0 Å². The van der Waals surface area contributed by atoms with Crippen LogP contribution in [-0.4, -0.2) is 47.1 Å². The third-order valence-corrected chi connectivity index (χ3v) is 4.51. The number of carbonyl (C=O) groups excluding carboxylic acids is 1. The molecular formula is C15H17N3O2S. The summed E-state index contributed by atoms with van der Waals surface area (Å²) >= 11 is 1.40. The second-order valence-corrected chi connectivity index (χ2v) is 6.12. The van der Waals surface area contributed by atoms with Gasteiger partial charge in [-0.2, -0.15) is 0 Å². The summed E-state index contributed by atoms with van der Waals surface area (Å²) in [6.45, 7) is 1.44. The van der Waals surface area contributed by atoms with Crippen LogP contribution in [0.25, 0.3) is 10.6 Å². The van der Waals surface area contributed by atoms with Gasteiger partial charge in [-0.1, -0.05) is 0 Å². The molecule has 1 amide bonds. The second kappa shape index (κ2) is 6.32. The minimum Gasteiger partial charge on any atom is -0.376 e. The molecule has 1 unspecified atom stereocenters. The van der Waals surface area contributed by atoms with Crippen LogP contribution in [0.1, 0.15) is 22.5 Å². The van der Waals surface area contributed by atoms with Crippen molar-refractivity contribution in [1.29, 1.82) is 0 Å². The van der Waals surface area contributed by atoms with Crippen molar-refractivity contribution in [1.82, 2.24) is 14.9 Å². The van der Waals surface area contributed by atoms with Gasteiger partial charge in [0, 0.05) is 38.2 Å². The van der Waals surface area contributed by atoms with Crippen LogP contribution in [-0.2, 0) is 4.74 Å². The number of hydrogen-bond donors (Lipinski definition) is 0. The number of amides is 1. The van der Waals surface area contributed by atoms with Gasteiger partial charge >= 0.3 is 0 Å². The van der Waals surface area contributed by atoms with Crippen molar-refractivity contribution >= 4 is 17.2 Å². The van der Waals surface area contributed by atoms with E-state index in [-0.39, 0.29) is 12.0 Å². The van der Waals surface area contributed by atoms with Gasteiger partial charge in [0.1, 0.15) is 9.88 Å². The number of likely N-dealkylation sites (N-methyl/N-ethyl adjacent to an activating group) is 1. The molecule has 0 radical (unpaired) electrons. The summed E-state index contributed by atoms with van der Waals surface area (Å²) in [6, 6.07) is 3.80. The maximum atomic E-state index is 12.4. The minimum atomic E-state index is -0.00172. The predicted molar refractivity (Wildman–Crippen MR) is 81.3 cm³/mol. The first-order valence-electron chi connectivity index (χ1n) is 6.97. The first-order chi connectivity index (χ1) is 10.2. The van der Waals surface area contributed by atoms with Crippen molar-refractivity contribution in [3.63, 3.8) is 0 Å². The Morgan fingerprint density at radius 2 is 2.43 bits per heavy atom. The SMILES string of the molecule is CN(CC1CCCO1)C(=O)c1cnc(-c2cccnc2)s1. The molecule has 3 heterocycles. The number of ether oxygens (including phenoxy) is 1. The molecule has 5 nitrogen and oxygen atoms in total. The Hall–Kier alpha value is -1.79. The van der Waals surface area contributed by atoms with Gasteiger partial charge in [0.05, 0.1) is 12.3 Å². The minimum absolute atomic E-state index is 0.00172. The fourth-order valence-corrected chi connectivity index (χ4v) is 3.26. The predicted octanol–water partition coefficient (Wildman–Crippen LogP) is 2.46. The first-order valence-corrected chi connectivity index (χ1v) is 7.79. The summed E-state index contributed by atoms with van der Waals surface area (Å²) in [4.78, 5) is 23.2. The molecule has 1 fully saturated rings. The standard InChI is InChI=1S/C15H17N3O2S/c1-18(10-12-5-3-7-20-12)15(19)13-9-17-14(21-13)11-4-2-6-16-8-11/h2,4,6,8-9,12H,3,5,7,10H2,1H3. The lowest BCUT2D eigenvalue weighted by atomic mass is 10.2. The summed E-state index contributed by atoms with van der Waals surface area (Å²) in [5.74, 6) is -0.00172. The molecular weight excluding hydrogens is 286 g/mol. The number of thiazole rings is 1. The van der Waals surface area contributed by atoms with Gasteiger partial charge in [0.25, 0.3) is 5.91 Å². The van der Waals surface area contributed by atoms with E-state index < -0.39 is 0 Å². The summed E-state index contributed by atoms with van der Waals surface area (Å²) in [7, 11) is 1.81. The van der Waals surface area contributed by atoms with Crippen LogP contribution in [0.5, 0.6) is 0 Å². The molecule has 2 aromatic rings. The van der Waals surface area contributed by atoms with E-state index in [1.54, 1.807) is 23.5 Å². The molecule has 110 valence electrons. The van der Waals surface area contributed by atoms with Crippen molar-refractivity contribution in [2.75, 3.05) is 20.2 Å². The number of rotatable bonds is 4. The Kier molecular flexibility index (Phi) is 4.26. The van der Waals surface area contributed by atoms with Gasteiger partial charge in [-0.25, -0.2) is 4.98 Å². The zero-order valence-electron chi connectivity index (χ0n) is 11.9. The van der Waals surface area contributed by atoms with E-state index in [1.165, 1.54) is 11.3 Å². The first kappa shape index (κ1) is 14.2. The van der Waals surface area contributed by atoms with Gasteiger partial charge in [-0.15, -0.1) is 11.3 Å². The van der Waals surface area contributed by atoms with Crippen LogP contribution >= 0.6 is 11.3 Å². The maximum absolute atomic E-state index is 12.4. The Morgan fingerprint density at radius 1 is 1.52 bits per heavy atom. The number of aromatic nitrogens is 2. The molecule has 1 saturated heterocycles. The smallest absolute Gasteiger partial charge is 0.265 e. The molecule has 1 aliphatic rings. The average Bonchev–Trinajstić information content (AvgIpc) is 3.18. The normalized spacial score (nSPS) is 17.9. The molecule has 0 saturated carbocycles.